The number of H-pyrrole nitrogens is 1. The van der Waals surface area contributed by atoms with Gasteiger partial charge >= 0.3 is 0 Å². The molecule has 3 aromatic rings. The zero-order chi connectivity index (χ0) is 11.7. The fraction of sp³-hybridized carbons (Fsp3) is 0. The second kappa shape index (κ2) is 4.39. The van der Waals surface area contributed by atoms with Gasteiger partial charge in [0.05, 0.1) is 11.0 Å². The SMILES string of the molecule is Clc1cc(Sc2nc3ccccc3[nH]2)ccn1. The van der Waals surface area contributed by atoms with E-state index < -0.39 is 0 Å². The highest BCUT2D eigenvalue weighted by molar-refractivity contribution is 7.99. The maximum absolute atomic E-state index is 5.83. The van der Waals surface area contributed by atoms with Crippen molar-refractivity contribution in [1.82, 2.24) is 15.0 Å². The van der Waals surface area contributed by atoms with E-state index in [1.165, 1.54) is 11.8 Å². The van der Waals surface area contributed by atoms with Crippen LogP contribution >= 0.6 is 23.4 Å². The van der Waals surface area contributed by atoms with Crippen LogP contribution in [0.2, 0.25) is 5.15 Å². The van der Waals surface area contributed by atoms with Crippen LogP contribution in [0.3, 0.4) is 0 Å². The molecule has 0 bridgehead atoms. The van der Waals surface area contributed by atoms with Crippen LogP contribution in [0.4, 0.5) is 0 Å². The molecule has 3 nitrogen and oxygen atoms in total. The number of fused-ring (bicyclic) bond motifs is 1. The predicted molar refractivity (Wildman–Crippen MR) is 69.5 cm³/mol. The summed E-state index contributed by atoms with van der Waals surface area (Å²) in [7, 11) is 0. The fourth-order valence-electron chi connectivity index (χ4n) is 1.54. The monoisotopic (exact) mass is 261 g/mol. The van der Waals surface area contributed by atoms with Crippen molar-refractivity contribution in [2.24, 2.45) is 0 Å². The van der Waals surface area contributed by atoms with Gasteiger partial charge in [0.25, 0.3) is 0 Å². The van der Waals surface area contributed by atoms with Gasteiger partial charge in [0.1, 0.15) is 5.15 Å². The maximum Gasteiger partial charge on any atom is 0.171 e. The summed E-state index contributed by atoms with van der Waals surface area (Å²) >= 11 is 7.37. The second-order valence-electron chi connectivity index (χ2n) is 3.48. The normalized spacial score (nSPS) is 10.9. The lowest BCUT2D eigenvalue weighted by Gasteiger charge is -1.96. The van der Waals surface area contributed by atoms with E-state index in [0.717, 1.165) is 21.1 Å². The lowest BCUT2D eigenvalue weighted by atomic mass is 10.3. The van der Waals surface area contributed by atoms with Crippen molar-refractivity contribution in [3.63, 3.8) is 0 Å². The molecule has 5 heteroatoms. The number of nitrogens with one attached hydrogen (secondary N) is 1. The van der Waals surface area contributed by atoms with Gasteiger partial charge in [-0.1, -0.05) is 35.5 Å². The Bertz CT molecular complexity index is 632. The molecule has 2 heterocycles. The lowest BCUT2D eigenvalue weighted by molar-refractivity contribution is 1.08. The third kappa shape index (κ3) is 2.28. The number of imidazole rings is 1. The van der Waals surface area contributed by atoms with Gasteiger partial charge < -0.3 is 4.98 Å². The molecule has 0 aliphatic carbocycles. The van der Waals surface area contributed by atoms with E-state index in [1.807, 2.05) is 36.4 Å². The highest BCUT2D eigenvalue weighted by Crippen LogP contribution is 2.27. The van der Waals surface area contributed by atoms with E-state index in [9.17, 15) is 0 Å². The third-order valence-corrected chi connectivity index (χ3v) is 3.36. The van der Waals surface area contributed by atoms with E-state index in [1.54, 1.807) is 6.20 Å². The number of halogens is 1. The lowest BCUT2D eigenvalue weighted by Crippen LogP contribution is -1.78. The van der Waals surface area contributed by atoms with Crippen molar-refractivity contribution in [3.8, 4) is 0 Å². The molecule has 0 atom stereocenters. The number of aromatic nitrogens is 3. The smallest absolute Gasteiger partial charge is 0.171 e. The van der Waals surface area contributed by atoms with Gasteiger partial charge in [-0.2, -0.15) is 0 Å². The molecule has 0 spiro atoms. The summed E-state index contributed by atoms with van der Waals surface area (Å²) in [4.78, 5) is 12.7. The Kier molecular flexibility index (Phi) is 2.74. The van der Waals surface area contributed by atoms with Crippen molar-refractivity contribution < 1.29 is 0 Å². The summed E-state index contributed by atoms with van der Waals surface area (Å²) in [6.45, 7) is 0. The first-order valence-electron chi connectivity index (χ1n) is 5.05. The summed E-state index contributed by atoms with van der Waals surface area (Å²) in [5, 5.41) is 1.35. The molecule has 0 aliphatic rings. The van der Waals surface area contributed by atoms with Crippen LogP contribution in [0.15, 0.2) is 52.6 Å². The number of pyridine rings is 1. The molecule has 0 saturated carbocycles. The molecule has 0 fully saturated rings. The van der Waals surface area contributed by atoms with Gasteiger partial charge in [-0.3, -0.25) is 0 Å². The molecule has 0 saturated heterocycles. The average Bonchev–Trinajstić information content (AvgIpc) is 2.71. The van der Waals surface area contributed by atoms with Crippen LogP contribution in [0.25, 0.3) is 11.0 Å². The minimum absolute atomic E-state index is 0.492. The molecule has 2 aromatic heterocycles. The van der Waals surface area contributed by atoms with Crippen LogP contribution < -0.4 is 0 Å². The Morgan fingerprint density at radius 2 is 2.06 bits per heavy atom. The van der Waals surface area contributed by atoms with Crippen molar-refractivity contribution in [2.75, 3.05) is 0 Å². The highest BCUT2D eigenvalue weighted by atomic mass is 35.5. The van der Waals surface area contributed by atoms with Gasteiger partial charge in [-0.05, 0) is 24.3 Å². The number of benzene rings is 1. The minimum atomic E-state index is 0.492. The molecule has 3 rings (SSSR count). The van der Waals surface area contributed by atoms with Gasteiger partial charge in [-0.25, -0.2) is 9.97 Å². The first-order valence-corrected chi connectivity index (χ1v) is 6.25. The predicted octanol–water partition coefficient (Wildman–Crippen LogP) is 3.76. The van der Waals surface area contributed by atoms with E-state index >= 15 is 0 Å². The highest BCUT2D eigenvalue weighted by Gasteiger charge is 2.04. The zero-order valence-electron chi connectivity index (χ0n) is 8.72. The van der Waals surface area contributed by atoms with Crippen LogP contribution in [0.1, 0.15) is 0 Å². The molecule has 0 unspecified atom stereocenters. The molecular formula is C12H8ClN3S. The van der Waals surface area contributed by atoms with E-state index in [-0.39, 0.29) is 0 Å². The molecule has 1 aromatic carbocycles. The Labute approximate surface area is 107 Å². The molecule has 0 radical (unpaired) electrons. The number of hydrogen-bond donors (Lipinski definition) is 1. The van der Waals surface area contributed by atoms with Gasteiger partial charge in [0.2, 0.25) is 0 Å². The third-order valence-electron chi connectivity index (χ3n) is 2.28. The molecular weight excluding hydrogens is 254 g/mol. The quantitative estimate of drug-likeness (QED) is 0.714. The topological polar surface area (TPSA) is 41.6 Å². The summed E-state index contributed by atoms with van der Waals surface area (Å²) in [6, 6.07) is 11.7. The number of para-hydroxylation sites is 2. The largest absolute Gasteiger partial charge is 0.333 e. The van der Waals surface area contributed by atoms with Crippen LogP contribution in [0.5, 0.6) is 0 Å². The van der Waals surface area contributed by atoms with E-state index in [2.05, 4.69) is 15.0 Å². The fourth-order valence-corrected chi connectivity index (χ4v) is 2.60. The summed E-state index contributed by atoms with van der Waals surface area (Å²) < 4.78 is 0. The number of nitrogens with zero attached hydrogens (tertiary/aromatic N) is 2. The summed E-state index contributed by atoms with van der Waals surface area (Å²) in [6.07, 6.45) is 1.69. The Balaban J connectivity index is 1.94. The standard InChI is InChI=1S/C12H8ClN3S/c13-11-7-8(5-6-14-11)17-12-15-9-3-1-2-4-10(9)16-12/h1-7H,(H,15,16). The second-order valence-corrected chi connectivity index (χ2v) is 4.92. The van der Waals surface area contributed by atoms with Crippen molar-refractivity contribution in [1.29, 1.82) is 0 Å². The summed E-state index contributed by atoms with van der Waals surface area (Å²) in [5.74, 6) is 0. The molecule has 84 valence electrons. The molecule has 1 N–H and O–H groups in total. The summed E-state index contributed by atoms with van der Waals surface area (Å²) in [5.41, 5.74) is 2.00. The average molecular weight is 262 g/mol. The first-order chi connectivity index (χ1) is 8.31. The maximum atomic E-state index is 5.83. The Morgan fingerprint density at radius 3 is 2.88 bits per heavy atom. The van der Waals surface area contributed by atoms with Gasteiger partial charge in [0.15, 0.2) is 5.16 Å². The van der Waals surface area contributed by atoms with Crippen LogP contribution in [-0.2, 0) is 0 Å². The molecule has 0 aliphatic heterocycles. The van der Waals surface area contributed by atoms with Crippen molar-refractivity contribution in [2.45, 2.75) is 10.1 Å². The number of rotatable bonds is 2. The van der Waals surface area contributed by atoms with Gasteiger partial charge in [0, 0.05) is 11.1 Å². The van der Waals surface area contributed by atoms with Crippen LogP contribution in [-0.4, -0.2) is 15.0 Å². The van der Waals surface area contributed by atoms with Crippen molar-refractivity contribution >= 4 is 34.4 Å². The Hall–Kier alpha value is -1.52. The molecule has 17 heavy (non-hydrogen) atoms. The van der Waals surface area contributed by atoms with E-state index in [4.69, 9.17) is 11.6 Å². The van der Waals surface area contributed by atoms with Gasteiger partial charge in [-0.15, -0.1) is 0 Å². The van der Waals surface area contributed by atoms with E-state index in [0.29, 0.717) is 5.15 Å². The number of hydrogen-bond acceptors (Lipinski definition) is 3. The zero-order valence-corrected chi connectivity index (χ0v) is 10.3. The van der Waals surface area contributed by atoms with Crippen molar-refractivity contribution in [3.05, 3.63) is 47.7 Å². The minimum Gasteiger partial charge on any atom is -0.333 e. The van der Waals surface area contributed by atoms with Crippen LogP contribution in [0, 0.1) is 0 Å². The number of aromatic amines is 1. The molecule has 0 amide bonds. The Morgan fingerprint density at radius 1 is 1.18 bits per heavy atom. The first kappa shape index (κ1) is 10.6.